The summed E-state index contributed by atoms with van der Waals surface area (Å²) in [5, 5.41) is 10.6. The summed E-state index contributed by atoms with van der Waals surface area (Å²) < 4.78 is 18.3. The third-order valence-electron chi connectivity index (χ3n) is 3.64. The van der Waals surface area contributed by atoms with E-state index >= 15 is 0 Å². The first kappa shape index (κ1) is 22.6. The van der Waals surface area contributed by atoms with Gasteiger partial charge in [0.15, 0.2) is 11.8 Å². The highest BCUT2D eigenvalue weighted by atomic mass is 127. The van der Waals surface area contributed by atoms with Crippen LogP contribution in [-0.4, -0.2) is 29.2 Å². The van der Waals surface area contributed by atoms with E-state index in [1.807, 2.05) is 20.8 Å². The molecule has 0 saturated heterocycles. The van der Waals surface area contributed by atoms with Gasteiger partial charge >= 0.3 is 0 Å². The van der Waals surface area contributed by atoms with E-state index in [1.54, 1.807) is 13.0 Å². The van der Waals surface area contributed by atoms with E-state index in [4.69, 9.17) is 16.1 Å². The van der Waals surface area contributed by atoms with Crippen LogP contribution in [0, 0.1) is 12.7 Å². The molecule has 0 fully saturated rings. The highest BCUT2D eigenvalue weighted by Gasteiger charge is 2.24. The van der Waals surface area contributed by atoms with Crippen molar-refractivity contribution in [2.75, 3.05) is 13.1 Å². The van der Waals surface area contributed by atoms with Crippen LogP contribution in [0.5, 0.6) is 0 Å². The lowest BCUT2D eigenvalue weighted by Gasteiger charge is -2.27. The summed E-state index contributed by atoms with van der Waals surface area (Å²) in [6, 6.07) is 4.46. The number of aliphatic imine (C=N–C) groups is 1. The molecule has 0 spiro atoms. The Morgan fingerprint density at radius 2 is 2.08 bits per heavy atom. The molecule has 0 atom stereocenters. The first-order valence-corrected chi connectivity index (χ1v) is 8.46. The lowest BCUT2D eigenvalue weighted by atomic mass is 9.84. The summed E-state index contributed by atoms with van der Waals surface area (Å²) in [5.41, 5.74) is 0.550. The molecule has 0 aliphatic rings. The summed E-state index contributed by atoms with van der Waals surface area (Å²) in [6.07, 6.45) is 0. The van der Waals surface area contributed by atoms with E-state index in [1.165, 1.54) is 12.1 Å². The van der Waals surface area contributed by atoms with Crippen molar-refractivity contribution in [3.8, 4) is 0 Å². The lowest BCUT2D eigenvalue weighted by molar-refractivity contribution is 0.376. The molecule has 144 valence electrons. The number of benzene rings is 1. The Labute approximate surface area is 175 Å². The maximum absolute atomic E-state index is 13.3. The lowest BCUT2D eigenvalue weighted by Crippen LogP contribution is -2.43. The fourth-order valence-electron chi connectivity index (χ4n) is 2.33. The van der Waals surface area contributed by atoms with Crippen LogP contribution in [0.15, 0.2) is 27.7 Å². The van der Waals surface area contributed by atoms with Gasteiger partial charge in [-0.2, -0.15) is 4.98 Å². The molecular formula is C17H24ClFIN5O. The molecule has 1 heterocycles. The first-order valence-electron chi connectivity index (χ1n) is 8.08. The molecule has 1 aromatic heterocycles. The van der Waals surface area contributed by atoms with Gasteiger partial charge in [0.1, 0.15) is 12.4 Å². The molecule has 0 radical (unpaired) electrons. The predicted octanol–water partition coefficient (Wildman–Crippen LogP) is 3.82. The second-order valence-electron chi connectivity index (χ2n) is 6.29. The van der Waals surface area contributed by atoms with Crippen LogP contribution in [-0.2, 0) is 12.0 Å². The molecule has 26 heavy (non-hydrogen) atoms. The monoisotopic (exact) mass is 495 g/mol. The molecule has 2 aromatic rings. The molecule has 0 bridgehead atoms. The van der Waals surface area contributed by atoms with E-state index in [0.29, 0.717) is 35.8 Å². The number of nitrogens with one attached hydrogen (secondary N) is 2. The SMILES string of the molecule is CCNC(=NCc1nc(C)no1)NCC(C)(C)c1ccc(F)cc1Cl.I. The number of hydrogen-bond acceptors (Lipinski definition) is 4. The van der Waals surface area contributed by atoms with Gasteiger partial charge in [0.25, 0.3) is 0 Å². The number of rotatable bonds is 6. The second kappa shape index (κ2) is 10.1. The Hall–Kier alpha value is -1.42. The van der Waals surface area contributed by atoms with Gasteiger partial charge in [-0.3, -0.25) is 0 Å². The summed E-state index contributed by atoms with van der Waals surface area (Å²) in [5.74, 6) is 1.32. The Bertz CT molecular complexity index is 751. The van der Waals surface area contributed by atoms with Gasteiger partial charge in [-0.15, -0.1) is 24.0 Å². The van der Waals surface area contributed by atoms with Gasteiger partial charge in [-0.25, -0.2) is 9.38 Å². The maximum Gasteiger partial charge on any atom is 0.248 e. The van der Waals surface area contributed by atoms with E-state index in [2.05, 4.69) is 25.8 Å². The molecule has 0 aliphatic heterocycles. The maximum atomic E-state index is 13.3. The third-order valence-corrected chi connectivity index (χ3v) is 3.96. The van der Waals surface area contributed by atoms with Crippen molar-refractivity contribution in [3.05, 3.63) is 46.3 Å². The zero-order valence-electron chi connectivity index (χ0n) is 15.3. The topological polar surface area (TPSA) is 75.3 Å². The largest absolute Gasteiger partial charge is 0.357 e. The van der Waals surface area contributed by atoms with Crippen LogP contribution < -0.4 is 10.6 Å². The van der Waals surface area contributed by atoms with Crippen LogP contribution in [0.3, 0.4) is 0 Å². The smallest absolute Gasteiger partial charge is 0.248 e. The number of guanidine groups is 1. The highest BCUT2D eigenvalue weighted by Crippen LogP contribution is 2.29. The molecule has 1 aromatic carbocycles. The van der Waals surface area contributed by atoms with Gasteiger partial charge in [0.05, 0.1) is 0 Å². The van der Waals surface area contributed by atoms with Crippen molar-refractivity contribution in [2.24, 2.45) is 4.99 Å². The van der Waals surface area contributed by atoms with Crippen molar-refractivity contribution in [3.63, 3.8) is 0 Å². The van der Waals surface area contributed by atoms with Crippen molar-refractivity contribution in [1.29, 1.82) is 0 Å². The molecule has 6 nitrogen and oxygen atoms in total. The highest BCUT2D eigenvalue weighted by molar-refractivity contribution is 14.0. The van der Waals surface area contributed by atoms with Gasteiger partial charge in [-0.1, -0.05) is 36.7 Å². The van der Waals surface area contributed by atoms with E-state index in [0.717, 1.165) is 5.56 Å². The Morgan fingerprint density at radius 1 is 1.35 bits per heavy atom. The number of hydrogen-bond donors (Lipinski definition) is 2. The number of aryl methyl sites for hydroxylation is 1. The Balaban J connectivity index is 0.00000338. The molecule has 0 unspecified atom stereocenters. The Kier molecular flexibility index (Phi) is 8.75. The Morgan fingerprint density at radius 3 is 2.65 bits per heavy atom. The zero-order chi connectivity index (χ0) is 18.4. The molecule has 2 N–H and O–H groups in total. The third kappa shape index (κ3) is 6.39. The van der Waals surface area contributed by atoms with Crippen LogP contribution in [0.1, 0.15) is 38.0 Å². The molecule has 9 heteroatoms. The van der Waals surface area contributed by atoms with E-state index in [-0.39, 0.29) is 41.8 Å². The molecule has 2 rings (SSSR count). The van der Waals surface area contributed by atoms with Crippen molar-refractivity contribution in [2.45, 2.75) is 39.7 Å². The fraction of sp³-hybridized carbons (Fsp3) is 0.471. The molecule has 0 aliphatic carbocycles. The molecule has 0 saturated carbocycles. The molecule has 0 amide bonds. The minimum atomic E-state index is -0.345. The summed E-state index contributed by atoms with van der Waals surface area (Å²) in [7, 11) is 0. The first-order chi connectivity index (χ1) is 11.8. The van der Waals surface area contributed by atoms with E-state index < -0.39 is 0 Å². The van der Waals surface area contributed by atoms with E-state index in [9.17, 15) is 4.39 Å². The molecular weight excluding hydrogens is 472 g/mol. The zero-order valence-corrected chi connectivity index (χ0v) is 18.4. The predicted molar refractivity (Wildman–Crippen MR) is 112 cm³/mol. The van der Waals surface area contributed by atoms with Crippen LogP contribution in [0.4, 0.5) is 4.39 Å². The fourth-order valence-corrected chi connectivity index (χ4v) is 2.75. The van der Waals surface area contributed by atoms with Gasteiger partial charge in [0.2, 0.25) is 5.89 Å². The van der Waals surface area contributed by atoms with Crippen LogP contribution in [0.25, 0.3) is 0 Å². The van der Waals surface area contributed by atoms with Crippen LogP contribution >= 0.6 is 35.6 Å². The van der Waals surface area contributed by atoms with Crippen molar-refractivity contribution >= 4 is 41.5 Å². The quantitative estimate of drug-likeness (QED) is 0.362. The van der Waals surface area contributed by atoms with Crippen LogP contribution in [0.2, 0.25) is 5.02 Å². The average Bonchev–Trinajstić information content (AvgIpc) is 2.95. The second-order valence-corrected chi connectivity index (χ2v) is 6.70. The number of nitrogens with zero attached hydrogens (tertiary/aromatic N) is 3. The summed E-state index contributed by atoms with van der Waals surface area (Å²) in [4.78, 5) is 8.56. The standard InChI is InChI=1S/C17H23ClFN5O.HI/c1-5-20-16(21-9-15-23-11(2)24-25-15)22-10-17(3,4)13-7-6-12(19)8-14(13)18;/h6-8H,5,9-10H2,1-4H3,(H2,20,21,22);1H. The summed E-state index contributed by atoms with van der Waals surface area (Å²) >= 11 is 6.19. The van der Waals surface area contributed by atoms with Gasteiger partial charge in [-0.05, 0) is 31.5 Å². The van der Waals surface area contributed by atoms with Crippen molar-refractivity contribution < 1.29 is 8.91 Å². The minimum absolute atomic E-state index is 0. The number of aromatic nitrogens is 2. The average molecular weight is 496 g/mol. The minimum Gasteiger partial charge on any atom is -0.357 e. The van der Waals surface area contributed by atoms with Gasteiger partial charge in [0, 0.05) is 23.5 Å². The van der Waals surface area contributed by atoms with Crippen molar-refractivity contribution in [1.82, 2.24) is 20.8 Å². The van der Waals surface area contributed by atoms with Gasteiger partial charge < -0.3 is 15.2 Å². The number of halogens is 3. The summed E-state index contributed by atoms with van der Waals surface area (Å²) in [6.45, 7) is 9.37. The normalized spacial score (nSPS) is 11.8.